The maximum Gasteiger partial charge on any atom is 0.182 e. The second-order valence-electron chi connectivity index (χ2n) is 3.06. The number of rotatable bonds is 2. The maximum absolute atomic E-state index is 8.35. The van der Waals surface area contributed by atoms with Gasteiger partial charge in [-0.05, 0) is 25.0 Å². The van der Waals surface area contributed by atoms with Crippen LogP contribution in [0.25, 0.3) is 0 Å². The number of hydrogen-bond donors (Lipinski definition) is 1. The standard InChI is InChI=1S/C11H13N3/c1-9-5-3-4-6-11(9)7-13-10(2)14-8-12/h3-6H,7H2,1-2H3,(H,13,14). The Labute approximate surface area is 84.1 Å². The maximum atomic E-state index is 8.35. The summed E-state index contributed by atoms with van der Waals surface area (Å²) < 4.78 is 0. The van der Waals surface area contributed by atoms with Gasteiger partial charge < -0.3 is 0 Å². The smallest absolute Gasteiger partial charge is 0.182 e. The zero-order chi connectivity index (χ0) is 10.4. The van der Waals surface area contributed by atoms with E-state index < -0.39 is 0 Å². The first-order valence-electron chi connectivity index (χ1n) is 4.44. The van der Waals surface area contributed by atoms with Crippen LogP contribution in [-0.2, 0) is 6.54 Å². The summed E-state index contributed by atoms with van der Waals surface area (Å²) in [5.41, 5.74) is 2.41. The van der Waals surface area contributed by atoms with Crippen molar-refractivity contribution < 1.29 is 0 Å². The third-order valence-electron chi connectivity index (χ3n) is 1.98. The van der Waals surface area contributed by atoms with Gasteiger partial charge in [0.1, 0.15) is 5.84 Å². The topological polar surface area (TPSA) is 48.2 Å². The zero-order valence-electron chi connectivity index (χ0n) is 8.41. The molecule has 0 radical (unpaired) electrons. The Morgan fingerprint density at radius 2 is 2.21 bits per heavy atom. The quantitative estimate of drug-likeness (QED) is 0.333. The lowest BCUT2D eigenvalue weighted by molar-refractivity contribution is 1.02. The number of benzene rings is 1. The Kier molecular flexibility index (Phi) is 3.69. The molecular formula is C11H13N3. The Hall–Kier alpha value is -1.82. The Morgan fingerprint density at radius 1 is 1.50 bits per heavy atom. The summed E-state index contributed by atoms with van der Waals surface area (Å²) in [4.78, 5) is 4.23. The minimum absolute atomic E-state index is 0.618. The summed E-state index contributed by atoms with van der Waals surface area (Å²) in [6.45, 7) is 4.45. The fourth-order valence-corrected chi connectivity index (χ4v) is 1.11. The van der Waals surface area contributed by atoms with E-state index in [9.17, 15) is 0 Å². The van der Waals surface area contributed by atoms with Crippen molar-refractivity contribution in [3.05, 3.63) is 35.4 Å². The van der Waals surface area contributed by atoms with E-state index in [4.69, 9.17) is 5.26 Å². The van der Waals surface area contributed by atoms with Gasteiger partial charge in [0, 0.05) is 0 Å². The predicted octanol–water partition coefficient (Wildman–Crippen LogP) is 1.98. The molecule has 14 heavy (non-hydrogen) atoms. The molecule has 0 aromatic heterocycles. The lowest BCUT2D eigenvalue weighted by atomic mass is 10.1. The predicted molar refractivity (Wildman–Crippen MR) is 56.7 cm³/mol. The normalized spacial score (nSPS) is 10.8. The molecule has 1 aromatic carbocycles. The number of aryl methyl sites for hydroxylation is 1. The van der Waals surface area contributed by atoms with Gasteiger partial charge in [-0.15, -0.1) is 0 Å². The van der Waals surface area contributed by atoms with E-state index in [1.165, 1.54) is 11.1 Å². The third-order valence-corrected chi connectivity index (χ3v) is 1.98. The van der Waals surface area contributed by atoms with Gasteiger partial charge in [-0.2, -0.15) is 5.26 Å². The largest absolute Gasteiger partial charge is 0.281 e. The molecule has 0 aliphatic carbocycles. The van der Waals surface area contributed by atoms with Crippen LogP contribution in [0.4, 0.5) is 0 Å². The highest BCUT2D eigenvalue weighted by Crippen LogP contribution is 2.07. The number of aliphatic imine (C=N–C) groups is 1. The van der Waals surface area contributed by atoms with E-state index in [1.807, 2.05) is 24.4 Å². The third kappa shape index (κ3) is 2.91. The van der Waals surface area contributed by atoms with E-state index >= 15 is 0 Å². The number of amidine groups is 1. The molecule has 0 unspecified atom stereocenters. The van der Waals surface area contributed by atoms with E-state index in [0.717, 1.165) is 0 Å². The van der Waals surface area contributed by atoms with Gasteiger partial charge in [0.25, 0.3) is 0 Å². The minimum atomic E-state index is 0.618. The van der Waals surface area contributed by atoms with Gasteiger partial charge >= 0.3 is 0 Å². The Balaban J connectivity index is 2.67. The highest BCUT2D eigenvalue weighted by Gasteiger charge is 1.95. The van der Waals surface area contributed by atoms with Gasteiger partial charge in [-0.3, -0.25) is 10.3 Å². The average molecular weight is 187 g/mol. The SMILES string of the molecule is CC(=NCc1ccccc1C)NC#N. The van der Waals surface area contributed by atoms with Gasteiger partial charge in [0.05, 0.1) is 6.54 Å². The van der Waals surface area contributed by atoms with Crippen LogP contribution in [0.2, 0.25) is 0 Å². The Bertz CT molecular complexity index is 374. The van der Waals surface area contributed by atoms with E-state index in [2.05, 4.69) is 23.3 Å². The minimum Gasteiger partial charge on any atom is -0.281 e. The van der Waals surface area contributed by atoms with Crippen molar-refractivity contribution in [1.82, 2.24) is 5.32 Å². The number of nitrogens with zero attached hydrogens (tertiary/aromatic N) is 2. The van der Waals surface area contributed by atoms with Gasteiger partial charge in [-0.1, -0.05) is 24.3 Å². The fraction of sp³-hybridized carbons (Fsp3) is 0.273. The van der Waals surface area contributed by atoms with Crippen molar-refractivity contribution in [3.63, 3.8) is 0 Å². The van der Waals surface area contributed by atoms with Gasteiger partial charge in [0.15, 0.2) is 6.19 Å². The van der Waals surface area contributed by atoms with Gasteiger partial charge in [0.2, 0.25) is 0 Å². The molecule has 0 aliphatic rings. The molecule has 0 bridgehead atoms. The Morgan fingerprint density at radius 3 is 2.86 bits per heavy atom. The van der Waals surface area contributed by atoms with Crippen LogP contribution < -0.4 is 5.32 Å². The molecule has 0 saturated carbocycles. The molecule has 0 heterocycles. The first-order valence-corrected chi connectivity index (χ1v) is 4.44. The molecule has 0 amide bonds. The van der Waals surface area contributed by atoms with Crippen LogP contribution in [0.15, 0.2) is 29.3 Å². The van der Waals surface area contributed by atoms with Crippen molar-refractivity contribution in [1.29, 1.82) is 5.26 Å². The van der Waals surface area contributed by atoms with Crippen molar-refractivity contribution >= 4 is 5.84 Å². The lowest BCUT2D eigenvalue weighted by Crippen LogP contribution is -2.13. The van der Waals surface area contributed by atoms with E-state index in [-0.39, 0.29) is 0 Å². The van der Waals surface area contributed by atoms with Crippen molar-refractivity contribution in [2.24, 2.45) is 4.99 Å². The molecule has 1 N–H and O–H groups in total. The summed E-state index contributed by atoms with van der Waals surface area (Å²) >= 11 is 0. The molecule has 0 aliphatic heterocycles. The highest BCUT2D eigenvalue weighted by molar-refractivity contribution is 5.80. The average Bonchev–Trinajstić information content (AvgIpc) is 2.17. The van der Waals surface area contributed by atoms with Crippen LogP contribution in [0.3, 0.4) is 0 Å². The van der Waals surface area contributed by atoms with E-state index in [0.29, 0.717) is 12.4 Å². The monoisotopic (exact) mass is 187 g/mol. The summed E-state index contributed by atoms with van der Waals surface area (Å²) in [6.07, 6.45) is 1.84. The molecule has 0 spiro atoms. The van der Waals surface area contributed by atoms with E-state index in [1.54, 1.807) is 6.92 Å². The molecule has 72 valence electrons. The fourth-order valence-electron chi connectivity index (χ4n) is 1.11. The molecule has 3 nitrogen and oxygen atoms in total. The first-order chi connectivity index (χ1) is 6.74. The van der Waals surface area contributed by atoms with Crippen LogP contribution in [0.5, 0.6) is 0 Å². The van der Waals surface area contributed by atoms with Crippen molar-refractivity contribution in [2.45, 2.75) is 20.4 Å². The number of nitriles is 1. The van der Waals surface area contributed by atoms with Crippen LogP contribution in [0.1, 0.15) is 18.1 Å². The highest BCUT2D eigenvalue weighted by atomic mass is 15.0. The molecule has 0 fully saturated rings. The summed E-state index contributed by atoms with van der Waals surface area (Å²) in [5, 5.41) is 10.8. The summed E-state index contributed by atoms with van der Waals surface area (Å²) in [6, 6.07) is 8.09. The molecular weight excluding hydrogens is 174 g/mol. The van der Waals surface area contributed by atoms with Crippen molar-refractivity contribution in [2.75, 3.05) is 0 Å². The second kappa shape index (κ2) is 5.03. The molecule has 0 atom stereocenters. The molecule has 1 aromatic rings. The first kappa shape index (κ1) is 10.3. The molecule has 1 rings (SSSR count). The summed E-state index contributed by atoms with van der Waals surface area (Å²) in [7, 11) is 0. The second-order valence-corrected chi connectivity index (χ2v) is 3.06. The molecule has 3 heteroatoms. The van der Waals surface area contributed by atoms with Crippen LogP contribution in [-0.4, -0.2) is 5.84 Å². The number of nitrogens with one attached hydrogen (secondary N) is 1. The summed E-state index contributed by atoms with van der Waals surface area (Å²) in [5.74, 6) is 0.649. The van der Waals surface area contributed by atoms with Gasteiger partial charge in [-0.25, -0.2) is 0 Å². The zero-order valence-corrected chi connectivity index (χ0v) is 8.41. The van der Waals surface area contributed by atoms with Crippen LogP contribution in [0, 0.1) is 18.4 Å². The van der Waals surface area contributed by atoms with Crippen molar-refractivity contribution in [3.8, 4) is 6.19 Å². The molecule has 0 saturated heterocycles. The van der Waals surface area contributed by atoms with Crippen LogP contribution >= 0.6 is 0 Å². The number of hydrogen-bond acceptors (Lipinski definition) is 2. The lowest BCUT2D eigenvalue weighted by Gasteiger charge is -2.02.